The van der Waals surface area contributed by atoms with Crippen LogP contribution in [0.25, 0.3) is 21.9 Å². The summed E-state index contributed by atoms with van der Waals surface area (Å²) in [5.74, 6) is -0.439. The van der Waals surface area contributed by atoms with Crippen molar-refractivity contribution in [3.05, 3.63) is 65.5 Å². The summed E-state index contributed by atoms with van der Waals surface area (Å²) in [6.07, 6.45) is 2.99. The molecule has 0 spiro atoms. The van der Waals surface area contributed by atoms with Crippen LogP contribution < -0.4 is 9.62 Å². The van der Waals surface area contributed by atoms with Crippen LogP contribution in [-0.4, -0.2) is 45.9 Å². The zero-order valence-electron chi connectivity index (χ0n) is 17.9. The SMILES string of the molecule is CNC(=O)c1c(-c2ccc(F)cc2)ccc2cc(N(CCO)S(C)(=O)=O)c(C3CC3)cc12. The Morgan fingerprint density at radius 2 is 1.84 bits per heavy atom. The molecule has 0 aliphatic heterocycles. The number of benzene rings is 3. The lowest BCUT2D eigenvalue weighted by molar-refractivity contribution is 0.0965. The Bertz CT molecular complexity index is 1290. The molecule has 0 aromatic heterocycles. The number of hydrogen-bond donors (Lipinski definition) is 2. The minimum absolute atomic E-state index is 0.0416. The van der Waals surface area contributed by atoms with Crippen molar-refractivity contribution in [2.24, 2.45) is 0 Å². The molecule has 1 fully saturated rings. The predicted octanol–water partition coefficient (Wildman–Crippen LogP) is 3.64. The van der Waals surface area contributed by atoms with E-state index in [1.54, 1.807) is 31.3 Å². The molecule has 0 bridgehead atoms. The van der Waals surface area contributed by atoms with Crippen molar-refractivity contribution in [3.63, 3.8) is 0 Å². The van der Waals surface area contributed by atoms with E-state index in [-0.39, 0.29) is 30.8 Å². The average Bonchev–Trinajstić information content (AvgIpc) is 3.60. The fraction of sp³-hybridized carbons (Fsp3) is 0.292. The molecule has 0 atom stereocenters. The zero-order chi connectivity index (χ0) is 23.0. The molecule has 2 N–H and O–H groups in total. The molecule has 0 heterocycles. The smallest absolute Gasteiger partial charge is 0.252 e. The van der Waals surface area contributed by atoms with Gasteiger partial charge in [-0.2, -0.15) is 0 Å². The van der Waals surface area contributed by atoms with Crippen molar-refractivity contribution in [3.8, 4) is 11.1 Å². The maximum atomic E-state index is 13.5. The van der Waals surface area contributed by atoms with Crippen LogP contribution in [-0.2, 0) is 10.0 Å². The fourth-order valence-corrected chi connectivity index (χ4v) is 5.04. The van der Waals surface area contributed by atoms with E-state index in [9.17, 15) is 22.7 Å². The number of hydrogen-bond acceptors (Lipinski definition) is 4. The van der Waals surface area contributed by atoms with Crippen molar-refractivity contribution >= 4 is 32.4 Å². The Kier molecular flexibility index (Phi) is 5.92. The Balaban J connectivity index is 2.01. The zero-order valence-corrected chi connectivity index (χ0v) is 18.7. The number of fused-ring (bicyclic) bond motifs is 1. The minimum atomic E-state index is -3.60. The molecule has 3 aromatic rings. The molecule has 1 aliphatic rings. The highest BCUT2D eigenvalue weighted by Gasteiger charge is 2.31. The van der Waals surface area contributed by atoms with Crippen LogP contribution >= 0.6 is 0 Å². The Labute approximate surface area is 186 Å². The molecule has 6 nitrogen and oxygen atoms in total. The molecule has 0 unspecified atom stereocenters. The van der Waals surface area contributed by atoms with Gasteiger partial charge in [-0.1, -0.05) is 24.3 Å². The number of nitrogens with one attached hydrogen (secondary N) is 1. The van der Waals surface area contributed by atoms with Crippen molar-refractivity contribution in [1.29, 1.82) is 0 Å². The van der Waals surface area contributed by atoms with Crippen molar-refractivity contribution < 1.29 is 22.7 Å². The van der Waals surface area contributed by atoms with Gasteiger partial charge in [0.1, 0.15) is 5.82 Å². The average molecular weight is 457 g/mol. The number of aliphatic hydroxyl groups excluding tert-OH is 1. The Morgan fingerprint density at radius 1 is 1.16 bits per heavy atom. The molecule has 1 amide bonds. The van der Waals surface area contributed by atoms with Gasteiger partial charge in [-0.3, -0.25) is 9.10 Å². The summed E-state index contributed by atoms with van der Waals surface area (Å²) in [4.78, 5) is 12.9. The lowest BCUT2D eigenvalue weighted by Gasteiger charge is -2.25. The summed E-state index contributed by atoms with van der Waals surface area (Å²) in [5.41, 5.74) is 3.22. The standard InChI is InChI=1S/C24H25FN2O4S/c1-26-24(29)23-19(15-5-8-18(25)9-6-15)10-7-17-13-22(27(11-12-28)32(2,30)31)20(14-21(17)23)16-3-4-16/h5-10,13-14,16,28H,3-4,11-12H2,1-2H3,(H,26,29). The number of anilines is 1. The summed E-state index contributed by atoms with van der Waals surface area (Å²) in [6.45, 7) is -0.345. The van der Waals surface area contributed by atoms with Crippen LogP contribution in [0.3, 0.4) is 0 Å². The maximum absolute atomic E-state index is 13.5. The molecule has 1 aliphatic carbocycles. The van der Waals surface area contributed by atoms with Crippen LogP contribution in [0.1, 0.15) is 34.7 Å². The first-order valence-corrected chi connectivity index (χ1v) is 12.3. The fourth-order valence-electron chi connectivity index (χ4n) is 4.11. The summed E-state index contributed by atoms with van der Waals surface area (Å²) in [6, 6.07) is 13.3. The van der Waals surface area contributed by atoms with E-state index >= 15 is 0 Å². The number of sulfonamides is 1. The molecule has 168 valence electrons. The van der Waals surface area contributed by atoms with Gasteiger partial charge < -0.3 is 10.4 Å². The topological polar surface area (TPSA) is 86.7 Å². The van der Waals surface area contributed by atoms with Crippen molar-refractivity contribution in [2.75, 3.05) is 30.8 Å². The minimum Gasteiger partial charge on any atom is -0.394 e. The van der Waals surface area contributed by atoms with E-state index in [2.05, 4.69) is 5.32 Å². The lowest BCUT2D eigenvalue weighted by Crippen LogP contribution is -2.33. The number of aliphatic hydroxyl groups is 1. The predicted molar refractivity (Wildman–Crippen MR) is 124 cm³/mol. The van der Waals surface area contributed by atoms with Gasteiger partial charge in [-0.25, -0.2) is 12.8 Å². The molecule has 1 saturated carbocycles. The van der Waals surface area contributed by atoms with E-state index in [1.807, 2.05) is 12.1 Å². The summed E-state index contributed by atoms with van der Waals surface area (Å²) >= 11 is 0. The largest absolute Gasteiger partial charge is 0.394 e. The number of nitrogens with zero attached hydrogens (tertiary/aromatic N) is 1. The van der Waals surface area contributed by atoms with Gasteiger partial charge in [-0.15, -0.1) is 0 Å². The Morgan fingerprint density at radius 3 is 2.41 bits per heavy atom. The van der Waals surface area contributed by atoms with E-state index in [0.717, 1.165) is 24.7 Å². The number of carbonyl (C=O) groups is 1. The van der Waals surface area contributed by atoms with Gasteiger partial charge in [0.15, 0.2) is 0 Å². The second-order valence-electron chi connectivity index (χ2n) is 8.04. The number of rotatable bonds is 7. The van der Waals surface area contributed by atoms with Crippen molar-refractivity contribution in [1.82, 2.24) is 5.32 Å². The van der Waals surface area contributed by atoms with E-state index in [4.69, 9.17) is 0 Å². The van der Waals surface area contributed by atoms with Gasteiger partial charge in [0, 0.05) is 7.05 Å². The van der Waals surface area contributed by atoms with Crippen LogP contribution in [0, 0.1) is 5.82 Å². The maximum Gasteiger partial charge on any atom is 0.252 e. The normalized spacial score (nSPS) is 13.9. The third-order valence-corrected chi connectivity index (χ3v) is 6.95. The van der Waals surface area contributed by atoms with E-state index in [1.165, 1.54) is 16.4 Å². The molecular weight excluding hydrogens is 431 g/mol. The molecule has 0 saturated heterocycles. The first kappa shape index (κ1) is 22.2. The third-order valence-electron chi connectivity index (χ3n) is 5.77. The van der Waals surface area contributed by atoms with Crippen LogP contribution in [0.4, 0.5) is 10.1 Å². The number of halogens is 1. The molecule has 0 radical (unpaired) electrons. The monoisotopic (exact) mass is 456 g/mol. The molecule has 3 aromatic carbocycles. The highest BCUT2D eigenvalue weighted by atomic mass is 32.2. The quantitative estimate of drug-likeness (QED) is 0.568. The number of carbonyl (C=O) groups excluding carboxylic acids is 1. The molecular formula is C24H25FN2O4S. The first-order chi connectivity index (χ1) is 15.2. The summed E-state index contributed by atoms with van der Waals surface area (Å²) in [5, 5.41) is 13.6. The van der Waals surface area contributed by atoms with E-state index in [0.29, 0.717) is 33.2 Å². The second kappa shape index (κ2) is 8.52. The van der Waals surface area contributed by atoms with Gasteiger partial charge in [0.05, 0.1) is 30.7 Å². The highest BCUT2D eigenvalue weighted by molar-refractivity contribution is 7.92. The third kappa shape index (κ3) is 4.20. The van der Waals surface area contributed by atoms with Gasteiger partial charge >= 0.3 is 0 Å². The van der Waals surface area contributed by atoms with Crippen LogP contribution in [0.5, 0.6) is 0 Å². The first-order valence-electron chi connectivity index (χ1n) is 10.4. The van der Waals surface area contributed by atoms with Gasteiger partial charge in [0.25, 0.3) is 5.91 Å². The van der Waals surface area contributed by atoms with Crippen molar-refractivity contribution in [2.45, 2.75) is 18.8 Å². The summed E-state index contributed by atoms with van der Waals surface area (Å²) < 4.78 is 39.6. The molecule has 8 heteroatoms. The lowest BCUT2D eigenvalue weighted by atomic mass is 9.91. The summed E-state index contributed by atoms with van der Waals surface area (Å²) in [7, 11) is -2.05. The number of amides is 1. The van der Waals surface area contributed by atoms with E-state index < -0.39 is 10.0 Å². The van der Waals surface area contributed by atoms with Gasteiger partial charge in [-0.05, 0) is 70.5 Å². The molecule has 4 rings (SSSR count). The second-order valence-corrected chi connectivity index (χ2v) is 9.95. The Hall–Kier alpha value is -2.97. The van der Waals surface area contributed by atoms with Crippen LogP contribution in [0.15, 0.2) is 48.5 Å². The molecule has 32 heavy (non-hydrogen) atoms. The van der Waals surface area contributed by atoms with Crippen LogP contribution in [0.2, 0.25) is 0 Å². The van der Waals surface area contributed by atoms with Gasteiger partial charge in [0.2, 0.25) is 10.0 Å². The highest BCUT2D eigenvalue weighted by Crippen LogP contribution is 2.47.